The zero-order valence-electron chi connectivity index (χ0n) is 12.4. The van der Waals surface area contributed by atoms with Crippen LogP contribution in [0.2, 0.25) is 5.02 Å². The molecule has 0 fully saturated rings. The molecule has 0 saturated carbocycles. The van der Waals surface area contributed by atoms with E-state index in [2.05, 4.69) is 10.1 Å². The third-order valence-corrected chi connectivity index (χ3v) is 3.34. The molecule has 2 aromatic rings. The van der Waals surface area contributed by atoms with Gasteiger partial charge in [0.1, 0.15) is 0 Å². The fourth-order valence-electron chi connectivity index (χ4n) is 1.98. The van der Waals surface area contributed by atoms with Crippen LogP contribution in [-0.4, -0.2) is 19.6 Å². The predicted molar refractivity (Wildman–Crippen MR) is 83.8 cm³/mol. The molecular weight excluding hydrogens is 328 g/mol. The molecule has 1 amide bonds. The van der Waals surface area contributed by atoms with Gasteiger partial charge in [0.15, 0.2) is 11.5 Å². The molecule has 1 N–H and O–H groups in total. The van der Waals surface area contributed by atoms with Crippen molar-refractivity contribution in [3.63, 3.8) is 0 Å². The van der Waals surface area contributed by atoms with E-state index < -0.39 is 12.5 Å². The highest BCUT2D eigenvalue weighted by Crippen LogP contribution is 2.33. The molecule has 0 aliphatic carbocycles. The van der Waals surface area contributed by atoms with Gasteiger partial charge in [0.25, 0.3) is 5.91 Å². The second-order valence-corrected chi connectivity index (χ2v) is 5.06. The molecule has 0 aromatic heterocycles. The van der Waals surface area contributed by atoms with E-state index in [9.17, 15) is 13.6 Å². The zero-order valence-corrected chi connectivity index (χ0v) is 13.2. The number of para-hydroxylation sites is 1. The summed E-state index contributed by atoms with van der Waals surface area (Å²) in [6.45, 7) is -1.23. The number of hydrogen-bond acceptors (Lipinski definition) is 3. The van der Waals surface area contributed by atoms with Crippen molar-refractivity contribution >= 4 is 23.2 Å². The maximum absolute atomic E-state index is 12.6. The van der Waals surface area contributed by atoms with Gasteiger partial charge in [-0.05, 0) is 36.8 Å². The van der Waals surface area contributed by atoms with Gasteiger partial charge in [-0.25, -0.2) is 0 Å². The molecule has 0 aliphatic rings. The highest BCUT2D eigenvalue weighted by Gasteiger charge is 2.20. The monoisotopic (exact) mass is 341 g/mol. The summed E-state index contributed by atoms with van der Waals surface area (Å²) in [6.07, 6.45) is 0. The van der Waals surface area contributed by atoms with Crippen LogP contribution < -0.4 is 14.8 Å². The largest absolute Gasteiger partial charge is 0.493 e. The van der Waals surface area contributed by atoms with Gasteiger partial charge in [0.2, 0.25) is 0 Å². The number of halogens is 3. The van der Waals surface area contributed by atoms with Crippen LogP contribution in [0.5, 0.6) is 11.5 Å². The van der Waals surface area contributed by atoms with Gasteiger partial charge < -0.3 is 14.8 Å². The minimum Gasteiger partial charge on any atom is -0.493 e. The van der Waals surface area contributed by atoms with Gasteiger partial charge in [-0.3, -0.25) is 4.79 Å². The Bertz CT molecular complexity index is 722. The first-order valence-corrected chi connectivity index (χ1v) is 6.99. The van der Waals surface area contributed by atoms with Gasteiger partial charge in [-0.1, -0.05) is 23.7 Å². The molecule has 2 rings (SSSR count). The number of nitrogens with one attached hydrogen (secondary N) is 1. The average Bonchev–Trinajstić information content (AvgIpc) is 2.49. The summed E-state index contributed by atoms with van der Waals surface area (Å²) in [5.74, 6) is -0.927. The Morgan fingerprint density at radius 1 is 1.26 bits per heavy atom. The maximum Gasteiger partial charge on any atom is 0.387 e. The standard InChI is InChI=1S/C16H14ClF2NO3/c1-9-6-7-12(11(17)8-9)20-15(21)10-4-3-5-13(22-2)14(10)23-16(18)19/h3-8,16H,1-2H3,(H,20,21). The Hall–Kier alpha value is -2.34. The molecule has 0 spiro atoms. The van der Waals surface area contributed by atoms with Crippen LogP contribution in [-0.2, 0) is 0 Å². The first-order chi connectivity index (χ1) is 10.9. The molecule has 0 aliphatic heterocycles. The summed E-state index contributed by atoms with van der Waals surface area (Å²) in [4.78, 5) is 12.4. The summed E-state index contributed by atoms with van der Waals surface area (Å²) in [6, 6.07) is 9.36. The molecule has 0 heterocycles. The number of hydrogen-bond donors (Lipinski definition) is 1. The summed E-state index contributed by atoms with van der Waals surface area (Å²) in [7, 11) is 1.30. The molecule has 0 unspecified atom stereocenters. The fraction of sp³-hybridized carbons (Fsp3) is 0.188. The van der Waals surface area contributed by atoms with Crippen molar-refractivity contribution in [1.82, 2.24) is 0 Å². The molecule has 2 aromatic carbocycles. The number of benzene rings is 2. The molecule has 23 heavy (non-hydrogen) atoms. The molecule has 0 atom stereocenters. The van der Waals surface area contributed by atoms with Gasteiger partial charge in [0, 0.05) is 0 Å². The number of ether oxygens (including phenoxy) is 2. The van der Waals surface area contributed by atoms with Crippen molar-refractivity contribution in [2.45, 2.75) is 13.5 Å². The number of carbonyl (C=O) groups excluding carboxylic acids is 1. The average molecular weight is 342 g/mol. The SMILES string of the molecule is COc1cccc(C(=O)Nc2ccc(C)cc2Cl)c1OC(F)F. The molecule has 4 nitrogen and oxygen atoms in total. The number of anilines is 1. The van der Waals surface area contributed by atoms with Crippen LogP contribution in [0.4, 0.5) is 14.5 Å². The predicted octanol–water partition coefficient (Wildman–Crippen LogP) is 4.51. The van der Waals surface area contributed by atoms with E-state index in [0.717, 1.165) is 5.56 Å². The number of rotatable bonds is 5. The van der Waals surface area contributed by atoms with Gasteiger partial charge in [-0.2, -0.15) is 8.78 Å². The van der Waals surface area contributed by atoms with Gasteiger partial charge >= 0.3 is 6.61 Å². The molecule has 7 heteroatoms. The second kappa shape index (κ2) is 7.28. The zero-order chi connectivity index (χ0) is 17.0. The van der Waals surface area contributed by atoms with Crippen LogP contribution >= 0.6 is 11.6 Å². The topological polar surface area (TPSA) is 47.6 Å². The summed E-state index contributed by atoms with van der Waals surface area (Å²) >= 11 is 6.05. The number of methoxy groups -OCH3 is 1. The van der Waals surface area contributed by atoms with Crippen LogP contribution in [0.3, 0.4) is 0 Å². The lowest BCUT2D eigenvalue weighted by molar-refractivity contribution is -0.0515. The highest BCUT2D eigenvalue weighted by atomic mass is 35.5. The van der Waals surface area contributed by atoms with E-state index in [1.807, 2.05) is 6.92 Å². The summed E-state index contributed by atoms with van der Waals surface area (Å²) < 4.78 is 34.6. The van der Waals surface area contributed by atoms with Crippen LogP contribution in [0, 0.1) is 6.92 Å². The maximum atomic E-state index is 12.6. The Balaban J connectivity index is 2.35. The van der Waals surface area contributed by atoms with Crippen LogP contribution in [0.25, 0.3) is 0 Å². The molecular formula is C16H14ClF2NO3. The fourth-order valence-corrected chi connectivity index (χ4v) is 2.26. The smallest absolute Gasteiger partial charge is 0.387 e. The number of carbonyl (C=O) groups is 1. The quantitative estimate of drug-likeness (QED) is 0.870. The Kier molecular flexibility index (Phi) is 5.39. The lowest BCUT2D eigenvalue weighted by atomic mass is 10.1. The van der Waals surface area contributed by atoms with E-state index in [-0.39, 0.29) is 17.1 Å². The van der Waals surface area contributed by atoms with E-state index in [0.29, 0.717) is 10.7 Å². The summed E-state index contributed by atoms with van der Waals surface area (Å²) in [5, 5.41) is 2.91. The lowest BCUT2D eigenvalue weighted by Crippen LogP contribution is -2.16. The Morgan fingerprint density at radius 3 is 2.61 bits per heavy atom. The third-order valence-electron chi connectivity index (χ3n) is 3.02. The molecule has 0 radical (unpaired) electrons. The van der Waals surface area contributed by atoms with Crippen LogP contribution in [0.15, 0.2) is 36.4 Å². The van der Waals surface area contributed by atoms with E-state index in [4.69, 9.17) is 16.3 Å². The second-order valence-electron chi connectivity index (χ2n) is 4.65. The lowest BCUT2D eigenvalue weighted by Gasteiger charge is -2.14. The normalized spacial score (nSPS) is 10.5. The molecule has 122 valence electrons. The van der Waals surface area contributed by atoms with Crippen molar-refractivity contribution in [3.05, 3.63) is 52.5 Å². The minimum absolute atomic E-state index is 0.0351. The highest BCUT2D eigenvalue weighted by molar-refractivity contribution is 6.34. The minimum atomic E-state index is -3.08. The first-order valence-electron chi connectivity index (χ1n) is 6.61. The Morgan fingerprint density at radius 2 is 2.00 bits per heavy atom. The summed E-state index contributed by atoms with van der Waals surface area (Å²) in [5.41, 5.74) is 1.21. The third kappa shape index (κ3) is 4.10. The van der Waals surface area contributed by atoms with Gasteiger partial charge in [-0.15, -0.1) is 0 Å². The van der Waals surface area contributed by atoms with Crippen molar-refractivity contribution in [2.75, 3.05) is 12.4 Å². The van der Waals surface area contributed by atoms with E-state index in [1.54, 1.807) is 18.2 Å². The van der Waals surface area contributed by atoms with Crippen LogP contribution in [0.1, 0.15) is 15.9 Å². The first kappa shape index (κ1) is 17.0. The van der Waals surface area contributed by atoms with Crippen molar-refractivity contribution < 1.29 is 23.0 Å². The number of alkyl halides is 2. The van der Waals surface area contributed by atoms with E-state index >= 15 is 0 Å². The molecule has 0 bridgehead atoms. The van der Waals surface area contributed by atoms with Crippen molar-refractivity contribution in [2.24, 2.45) is 0 Å². The van der Waals surface area contributed by atoms with Gasteiger partial charge in [0.05, 0.1) is 23.4 Å². The number of amides is 1. The number of aryl methyl sites for hydroxylation is 1. The molecule has 0 saturated heterocycles. The van der Waals surface area contributed by atoms with E-state index in [1.165, 1.54) is 25.3 Å². The Labute approximate surface area is 137 Å². The van der Waals surface area contributed by atoms with Crippen molar-refractivity contribution in [3.8, 4) is 11.5 Å². The van der Waals surface area contributed by atoms with Crippen molar-refractivity contribution in [1.29, 1.82) is 0 Å².